The van der Waals surface area contributed by atoms with E-state index in [9.17, 15) is 4.79 Å². The van der Waals surface area contributed by atoms with Crippen LogP contribution in [-0.4, -0.2) is 32.6 Å². The molecule has 31 heavy (non-hydrogen) atoms. The summed E-state index contributed by atoms with van der Waals surface area (Å²) in [7, 11) is 0. The number of carbonyl (C=O) groups is 1. The number of hydrogen-bond donors (Lipinski definition) is 1. The predicted octanol–water partition coefficient (Wildman–Crippen LogP) is 6.57. The first-order valence-corrected chi connectivity index (χ1v) is 12.5. The number of nitrogens with one attached hydrogen (secondary N) is 1. The average Bonchev–Trinajstić information content (AvgIpc) is 3.24. The lowest BCUT2D eigenvalue weighted by Crippen LogP contribution is -2.43. The molecule has 2 heterocycles. The van der Waals surface area contributed by atoms with Crippen LogP contribution in [0.2, 0.25) is 0 Å². The molecular weight excluding hydrogens is 454 g/mol. The lowest BCUT2D eigenvalue weighted by molar-refractivity contribution is 0.00950. The third kappa shape index (κ3) is 4.04. The number of fused-ring (bicyclic) bond motifs is 4. The lowest BCUT2D eigenvalue weighted by Gasteiger charge is -2.34. The Labute approximate surface area is 193 Å². The quantitative estimate of drug-likeness (QED) is 0.496. The van der Waals surface area contributed by atoms with Gasteiger partial charge in [0.2, 0.25) is 0 Å². The van der Waals surface area contributed by atoms with Crippen molar-refractivity contribution in [3.05, 3.63) is 39.8 Å². The van der Waals surface area contributed by atoms with Gasteiger partial charge in [-0.05, 0) is 82.9 Å². The third-order valence-corrected chi connectivity index (χ3v) is 7.49. The minimum Gasteiger partial charge on any atom is -0.444 e. The van der Waals surface area contributed by atoms with Crippen LogP contribution in [0.1, 0.15) is 82.4 Å². The van der Waals surface area contributed by atoms with E-state index in [4.69, 9.17) is 9.72 Å². The molecule has 6 heteroatoms. The Morgan fingerprint density at radius 3 is 2.81 bits per heavy atom. The highest BCUT2D eigenvalue weighted by Gasteiger charge is 2.47. The molecule has 166 valence electrons. The molecule has 2 aromatic rings. The Hall–Kier alpha value is -1.82. The van der Waals surface area contributed by atoms with Gasteiger partial charge in [-0.3, -0.25) is 4.90 Å². The highest BCUT2D eigenvalue weighted by molar-refractivity contribution is 9.10. The van der Waals surface area contributed by atoms with E-state index in [1.807, 2.05) is 25.7 Å². The number of H-pyrrole nitrogens is 1. The number of likely N-dealkylation sites (tertiary alicyclic amines) is 1. The van der Waals surface area contributed by atoms with Crippen molar-refractivity contribution in [3.63, 3.8) is 0 Å². The highest BCUT2D eigenvalue weighted by Crippen LogP contribution is 2.47. The number of hydrogen-bond acceptors (Lipinski definition) is 3. The molecule has 1 saturated carbocycles. The van der Waals surface area contributed by atoms with Gasteiger partial charge in [0.25, 0.3) is 0 Å². The molecule has 1 saturated heterocycles. The Bertz CT molecular complexity index is 993. The molecule has 5 nitrogen and oxygen atoms in total. The van der Waals surface area contributed by atoms with Gasteiger partial charge in [-0.1, -0.05) is 34.8 Å². The molecule has 1 amide bonds. The number of imidazole rings is 1. The van der Waals surface area contributed by atoms with Crippen molar-refractivity contribution in [1.29, 1.82) is 0 Å². The second-order valence-electron chi connectivity index (χ2n) is 10.3. The van der Waals surface area contributed by atoms with E-state index in [2.05, 4.69) is 39.1 Å². The summed E-state index contributed by atoms with van der Waals surface area (Å²) in [5, 5.41) is 0. The number of nitrogens with zero attached hydrogens (tertiary/aromatic N) is 2. The van der Waals surface area contributed by atoms with Gasteiger partial charge in [-0.15, -0.1) is 0 Å². The first-order valence-electron chi connectivity index (χ1n) is 11.7. The SMILES string of the molecule is CC(C)(C)OC(=O)N1[C@H](c2nc3c([nH]2)-c2ccc(Br)cc2CCC3)C[C@@H]2CCCC[C@@H]21. The van der Waals surface area contributed by atoms with Gasteiger partial charge in [0.1, 0.15) is 11.4 Å². The maximum absolute atomic E-state index is 13.3. The molecular formula is C25H32BrN3O2. The molecule has 1 aromatic heterocycles. The van der Waals surface area contributed by atoms with Crippen LogP contribution >= 0.6 is 15.9 Å². The molecule has 3 aliphatic rings. The lowest BCUT2D eigenvalue weighted by atomic mass is 9.85. The van der Waals surface area contributed by atoms with E-state index in [-0.39, 0.29) is 18.2 Å². The molecule has 3 atom stereocenters. The topological polar surface area (TPSA) is 58.2 Å². The van der Waals surface area contributed by atoms with Gasteiger partial charge in [0.05, 0.1) is 17.4 Å². The summed E-state index contributed by atoms with van der Waals surface area (Å²) in [4.78, 5) is 24.1. The van der Waals surface area contributed by atoms with Crippen LogP contribution in [0.5, 0.6) is 0 Å². The summed E-state index contributed by atoms with van der Waals surface area (Å²) >= 11 is 3.61. The Kier molecular flexibility index (Phi) is 5.40. The van der Waals surface area contributed by atoms with E-state index in [0.29, 0.717) is 5.92 Å². The normalized spacial score (nSPS) is 25.4. The molecule has 1 N–H and O–H groups in total. The zero-order valence-corrected chi connectivity index (χ0v) is 20.3. The van der Waals surface area contributed by atoms with Gasteiger partial charge in [0, 0.05) is 16.1 Å². The second-order valence-corrected chi connectivity index (χ2v) is 11.3. The average molecular weight is 486 g/mol. The van der Waals surface area contributed by atoms with Crippen LogP contribution in [0.25, 0.3) is 11.3 Å². The van der Waals surface area contributed by atoms with E-state index in [1.54, 1.807) is 0 Å². The van der Waals surface area contributed by atoms with E-state index >= 15 is 0 Å². The van der Waals surface area contributed by atoms with Crippen molar-refractivity contribution in [3.8, 4) is 11.3 Å². The van der Waals surface area contributed by atoms with Crippen LogP contribution in [0.4, 0.5) is 4.79 Å². The Balaban J connectivity index is 1.52. The molecule has 0 radical (unpaired) electrons. The smallest absolute Gasteiger partial charge is 0.411 e. The zero-order valence-electron chi connectivity index (χ0n) is 18.7. The van der Waals surface area contributed by atoms with Crippen molar-refractivity contribution >= 4 is 22.0 Å². The predicted molar refractivity (Wildman–Crippen MR) is 125 cm³/mol. The molecule has 1 aromatic carbocycles. The standard InChI is InChI=1S/C25H32BrN3O2/c1-25(2,3)31-24(30)29-20-10-5-4-7-16(20)14-21(29)23-27-19-9-6-8-15-13-17(26)11-12-18(15)22(19)28-23/h11-13,16,20-21H,4-10,14H2,1-3H3,(H,27,28)/t16-,20-,21-/m0/s1. The van der Waals surface area contributed by atoms with Gasteiger partial charge in [-0.25, -0.2) is 9.78 Å². The minimum absolute atomic E-state index is 0.0335. The van der Waals surface area contributed by atoms with Crippen LogP contribution < -0.4 is 0 Å². The highest BCUT2D eigenvalue weighted by atomic mass is 79.9. The molecule has 5 rings (SSSR count). The van der Waals surface area contributed by atoms with Crippen molar-refractivity contribution in [1.82, 2.24) is 14.9 Å². The number of benzene rings is 1. The summed E-state index contributed by atoms with van der Waals surface area (Å²) in [5.74, 6) is 1.47. The number of rotatable bonds is 1. The fraction of sp³-hybridized carbons (Fsp3) is 0.600. The molecule has 2 fully saturated rings. The van der Waals surface area contributed by atoms with Crippen molar-refractivity contribution in [2.75, 3.05) is 0 Å². The van der Waals surface area contributed by atoms with Crippen LogP contribution in [-0.2, 0) is 17.6 Å². The third-order valence-electron chi connectivity index (χ3n) is 7.00. The van der Waals surface area contributed by atoms with Crippen molar-refractivity contribution in [2.45, 2.75) is 89.8 Å². The van der Waals surface area contributed by atoms with Crippen molar-refractivity contribution < 1.29 is 9.53 Å². The maximum Gasteiger partial charge on any atom is 0.411 e. The molecule has 2 aliphatic carbocycles. The largest absolute Gasteiger partial charge is 0.444 e. The molecule has 0 spiro atoms. The van der Waals surface area contributed by atoms with Gasteiger partial charge in [-0.2, -0.15) is 0 Å². The van der Waals surface area contributed by atoms with E-state index in [1.165, 1.54) is 30.4 Å². The summed E-state index contributed by atoms with van der Waals surface area (Å²) in [5.41, 5.74) is 4.37. The summed E-state index contributed by atoms with van der Waals surface area (Å²) in [6.45, 7) is 5.83. The fourth-order valence-corrected chi connectivity index (χ4v) is 6.14. The van der Waals surface area contributed by atoms with Gasteiger partial charge in [0.15, 0.2) is 0 Å². The van der Waals surface area contributed by atoms with Crippen molar-refractivity contribution in [2.24, 2.45) is 5.92 Å². The Morgan fingerprint density at radius 1 is 1.19 bits per heavy atom. The number of halogens is 1. The van der Waals surface area contributed by atoms with Gasteiger partial charge >= 0.3 is 6.09 Å². The van der Waals surface area contributed by atoms with E-state index < -0.39 is 5.60 Å². The maximum atomic E-state index is 13.3. The number of aryl methyl sites for hydroxylation is 2. The van der Waals surface area contributed by atoms with Crippen LogP contribution in [0.15, 0.2) is 22.7 Å². The number of amides is 1. The first kappa shape index (κ1) is 21.0. The summed E-state index contributed by atoms with van der Waals surface area (Å²) < 4.78 is 6.97. The number of aromatic amines is 1. The van der Waals surface area contributed by atoms with Crippen LogP contribution in [0, 0.1) is 5.92 Å². The second kappa shape index (κ2) is 7.95. The fourth-order valence-electron chi connectivity index (χ4n) is 5.73. The molecule has 0 unspecified atom stereocenters. The summed E-state index contributed by atoms with van der Waals surface area (Å²) in [6.07, 6.45) is 8.60. The van der Waals surface area contributed by atoms with Gasteiger partial charge < -0.3 is 9.72 Å². The van der Waals surface area contributed by atoms with E-state index in [0.717, 1.165) is 53.8 Å². The number of ether oxygens (including phenoxy) is 1. The number of aromatic nitrogens is 2. The monoisotopic (exact) mass is 485 g/mol. The number of carbonyl (C=O) groups excluding carboxylic acids is 1. The first-order chi connectivity index (χ1) is 14.8. The summed E-state index contributed by atoms with van der Waals surface area (Å²) in [6, 6.07) is 6.75. The minimum atomic E-state index is -0.499. The van der Waals surface area contributed by atoms with Crippen LogP contribution in [0.3, 0.4) is 0 Å². The molecule has 0 bridgehead atoms. The molecule has 1 aliphatic heterocycles. The Morgan fingerprint density at radius 2 is 2.00 bits per heavy atom. The zero-order chi connectivity index (χ0) is 21.8.